The molecule has 4 aliphatic heterocycles. The molecule has 224 valence electrons. The maximum Gasteiger partial charge on any atom is 0.339 e. The van der Waals surface area contributed by atoms with E-state index in [9.17, 15) is 9.59 Å². The average molecular weight is 639 g/mol. The number of rotatable bonds is 7. The second kappa shape index (κ2) is 9.64. The van der Waals surface area contributed by atoms with Crippen LogP contribution in [0.3, 0.4) is 0 Å². The summed E-state index contributed by atoms with van der Waals surface area (Å²) in [7, 11) is 0. The van der Waals surface area contributed by atoms with Gasteiger partial charge in [0.1, 0.15) is 0 Å². The Labute approximate surface area is 263 Å². The second-order valence-corrected chi connectivity index (χ2v) is 13.1. The lowest BCUT2D eigenvalue weighted by Gasteiger charge is -2.21. The van der Waals surface area contributed by atoms with Crippen LogP contribution in [0.2, 0.25) is 0 Å². The highest BCUT2D eigenvalue weighted by molar-refractivity contribution is 8.15. The molecular formula is C29H22N10O4S2. The van der Waals surface area contributed by atoms with Crippen molar-refractivity contribution in [2.24, 2.45) is 0 Å². The van der Waals surface area contributed by atoms with Crippen LogP contribution < -0.4 is 31.0 Å². The Kier molecular flexibility index (Phi) is 5.61. The van der Waals surface area contributed by atoms with Crippen molar-refractivity contribution in [3.05, 3.63) is 107 Å². The number of para-hydroxylation sites is 2. The molecule has 0 saturated heterocycles. The molecular weight excluding hydrogens is 617 g/mol. The normalized spacial score (nSPS) is 22.0. The first-order valence-electron chi connectivity index (χ1n) is 14.0. The number of aromatic nitrogens is 6. The number of nitrogens with one attached hydrogen (secondary N) is 4. The number of carbonyl (C=O) groups excluding carboxylic acids is 2. The minimum absolute atomic E-state index is 0.0364. The number of hydrogen-bond acceptors (Lipinski definition) is 12. The molecule has 14 nitrogen and oxygen atoms in total. The van der Waals surface area contributed by atoms with Gasteiger partial charge in [-0.05, 0) is 17.7 Å². The molecule has 0 bridgehead atoms. The van der Waals surface area contributed by atoms with Gasteiger partial charge >= 0.3 is 23.5 Å². The molecule has 2 atom stereocenters. The first-order chi connectivity index (χ1) is 22.0. The van der Waals surface area contributed by atoms with Crippen molar-refractivity contribution < 1.29 is 19.1 Å². The number of carbonyl (C=O) groups is 2. The van der Waals surface area contributed by atoms with E-state index in [1.54, 1.807) is 32.9 Å². The molecule has 4 aliphatic rings. The van der Waals surface area contributed by atoms with Crippen LogP contribution in [0.25, 0.3) is 0 Å². The molecule has 2 unspecified atom stereocenters. The van der Waals surface area contributed by atoms with Crippen LogP contribution in [-0.4, -0.2) is 41.6 Å². The smallest absolute Gasteiger partial charge is 0.339 e. The molecule has 45 heavy (non-hydrogen) atoms. The minimum atomic E-state index is -1.40. The summed E-state index contributed by atoms with van der Waals surface area (Å²) in [4.78, 5) is 26.0. The summed E-state index contributed by atoms with van der Waals surface area (Å²) >= 11 is 3.30. The Morgan fingerprint density at radius 2 is 1.11 bits per heavy atom. The number of anilines is 2. The number of thioether (sulfide) groups is 2. The molecule has 9 rings (SSSR count). The fraction of sp³-hybridized carbons (Fsp3) is 0.172. The van der Waals surface area contributed by atoms with Gasteiger partial charge < -0.3 is 20.1 Å². The summed E-state index contributed by atoms with van der Waals surface area (Å²) in [6.07, 6.45) is 0. The van der Waals surface area contributed by atoms with E-state index in [0.29, 0.717) is 45.7 Å². The lowest BCUT2D eigenvalue weighted by atomic mass is 10.1. The quantitative estimate of drug-likeness (QED) is 0.193. The van der Waals surface area contributed by atoms with Gasteiger partial charge in [-0.1, -0.05) is 76.9 Å². The molecule has 2 spiro atoms. The molecule has 16 heteroatoms. The van der Waals surface area contributed by atoms with Crippen LogP contribution in [0.1, 0.15) is 32.9 Å². The van der Waals surface area contributed by atoms with E-state index in [4.69, 9.17) is 9.47 Å². The zero-order valence-electron chi connectivity index (χ0n) is 23.1. The average Bonchev–Trinajstić information content (AvgIpc) is 3.89. The van der Waals surface area contributed by atoms with Crippen molar-refractivity contribution in [1.29, 1.82) is 0 Å². The molecule has 2 amide bonds. The second-order valence-electron chi connectivity index (χ2n) is 10.6. The van der Waals surface area contributed by atoms with Crippen molar-refractivity contribution in [2.75, 3.05) is 21.5 Å². The third kappa shape index (κ3) is 3.85. The van der Waals surface area contributed by atoms with Gasteiger partial charge in [-0.15, -0.1) is 33.7 Å². The topological polar surface area (TPSA) is 162 Å². The van der Waals surface area contributed by atoms with Gasteiger partial charge in [0, 0.05) is 0 Å². The number of hydrogen-bond donors (Lipinski definition) is 4. The van der Waals surface area contributed by atoms with Gasteiger partial charge in [0.05, 0.1) is 38.6 Å². The van der Waals surface area contributed by atoms with Crippen molar-refractivity contribution >= 4 is 46.7 Å². The van der Waals surface area contributed by atoms with Crippen molar-refractivity contribution in [1.82, 2.24) is 29.7 Å². The lowest BCUT2D eigenvalue weighted by Crippen LogP contribution is -2.46. The van der Waals surface area contributed by atoms with E-state index < -0.39 is 11.4 Å². The maximum atomic E-state index is 13.0. The number of nitrogens with zero attached hydrogens (tertiary/aromatic N) is 6. The Hall–Kier alpha value is -5.22. The van der Waals surface area contributed by atoms with E-state index in [1.165, 1.54) is 0 Å². The van der Waals surface area contributed by atoms with Gasteiger partial charge in [-0.2, -0.15) is 9.35 Å². The van der Waals surface area contributed by atoms with Gasteiger partial charge in [0.2, 0.25) is 0 Å². The number of fused-ring (bicyclic) bond motifs is 6. The largest absolute Gasteiger partial charge is 0.420 e. The summed E-state index contributed by atoms with van der Waals surface area (Å²) in [6, 6.07) is 25.3. The molecule has 3 aromatic carbocycles. The van der Waals surface area contributed by atoms with Crippen LogP contribution in [-0.2, 0) is 32.5 Å². The van der Waals surface area contributed by atoms with Gasteiger partial charge in [-0.25, -0.2) is 0 Å². The summed E-state index contributed by atoms with van der Waals surface area (Å²) in [5, 5.41) is 22.8. The minimum Gasteiger partial charge on any atom is -0.420 e. The molecule has 2 aromatic heterocycles. The molecule has 5 aromatic rings. The van der Waals surface area contributed by atoms with E-state index in [0.717, 1.165) is 5.56 Å². The van der Waals surface area contributed by atoms with Gasteiger partial charge in [0.15, 0.2) is 11.6 Å². The highest BCUT2D eigenvalue weighted by Gasteiger charge is 2.56. The predicted molar refractivity (Wildman–Crippen MR) is 165 cm³/mol. The zero-order chi connectivity index (χ0) is 30.2. The summed E-state index contributed by atoms with van der Waals surface area (Å²) in [6.45, 7) is 0. The van der Waals surface area contributed by atoms with E-state index in [2.05, 4.69) is 54.0 Å². The summed E-state index contributed by atoms with van der Waals surface area (Å²) in [5.41, 5.74) is 7.48. The molecule has 0 fully saturated rings. The summed E-state index contributed by atoms with van der Waals surface area (Å²) < 4.78 is 15.4. The predicted octanol–water partition coefficient (Wildman–Crippen LogP) is 3.22. The highest BCUT2D eigenvalue weighted by Crippen LogP contribution is 2.46. The number of benzene rings is 3. The first-order valence-corrected chi connectivity index (χ1v) is 16.1. The fourth-order valence-electron chi connectivity index (χ4n) is 5.82. The van der Waals surface area contributed by atoms with Crippen LogP contribution in [0.5, 0.6) is 12.0 Å². The van der Waals surface area contributed by atoms with Crippen LogP contribution in [0, 0.1) is 0 Å². The van der Waals surface area contributed by atoms with E-state index in [1.807, 2.05) is 66.7 Å². The standard InChI is InChI=1S/C29H22N10O4S2/c40-24-28(17-10-4-6-12-19(17)30-24)36-38-21(32-34-26(38)42-28)14-44-23(16-8-2-1-3-9-16)45-15-22-33-35-27-39(22)37-29(43-27)18-11-5-7-13-20(18)31-25(29)41/h1-13,23,36-37H,14-15H2,(H,30,40)(H,31,41). The third-order valence-electron chi connectivity index (χ3n) is 7.98. The lowest BCUT2D eigenvalue weighted by molar-refractivity contribution is -0.128. The molecule has 0 radical (unpaired) electrons. The molecule has 0 saturated carbocycles. The Bertz CT molecular complexity index is 1900. The zero-order valence-corrected chi connectivity index (χ0v) is 24.8. The van der Waals surface area contributed by atoms with E-state index in [-0.39, 0.29) is 28.4 Å². The third-order valence-corrected chi connectivity index (χ3v) is 10.8. The van der Waals surface area contributed by atoms with Crippen molar-refractivity contribution in [3.63, 3.8) is 0 Å². The first kappa shape index (κ1) is 26.2. The van der Waals surface area contributed by atoms with Gasteiger partial charge in [0.25, 0.3) is 11.8 Å². The Balaban J connectivity index is 0.936. The van der Waals surface area contributed by atoms with Crippen LogP contribution in [0.15, 0.2) is 78.9 Å². The number of ether oxygens (including phenoxy) is 2. The molecule has 0 aliphatic carbocycles. The van der Waals surface area contributed by atoms with Crippen LogP contribution in [0.4, 0.5) is 11.4 Å². The Morgan fingerprint density at radius 1 is 0.644 bits per heavy atom. The van der Waals surface area contributed by atoms with Gasteiger partial charge in [-0.3, -0.25) is 20.4 Å². The Morgan fingerprint density at radius 3 is 1.62 bits per heavy atom. The SMILES string of the molecule is O=C1Nc2ccccc2C12Nn1c(CSC(SCc3nnc4n3NC3(O4)C(=O)Nc4ccccc43)c3ccccc3)nnc1O2. The van der Waals surface area contributed by atoms with E-state index >= 15 is 0 Å². The number of amides is 2. The summed E-state index contributed by atoms with van der Waals surface area (Å²) in [5.74, 6) is 1.52. The van der Waals surface area contributed by atoms with Crippen molar-refractivity contribution in [3.8, 4) is 12.0 Å². The maximum absolute atomic E-state index is 13.0. The monoisotopic (exact) mass is 638 g/mol. The fourth-order valence-corrected chi connectivity index (χ4v) is 8.28. The van der Waals surface area contributed by atoms with Crippen LogP contribution >= 0.6 is 23.5 Å². The highest BCUT2D eigenvalue weighted by atomic mass is 32.2. The van der Waals surface area contributed by atoms with Crippen molar-refractivity contribution in [2.45, 2.75) is 27.5 Å². The molecule has 6 heterocycles. The molecule has 4 N–H and O–H groups in total.